The molecule has 314 valence electrons. The minimum Gasteiger partial charge on any atom is -0.311 e. The van der Waals surface area contributed by atoms with E-state index >= 15 is 0 Å². The first-order chi connectivity index (χ1) is 33.2. The van der Waals surface area contributed by atoms with Gasteiger partial charge in [-0.1, -0.05) is 194 Å². The predicted octanol–water partition coefficient (Wildman–Crippen LogP) is 18.4. The third-order valence-electron chi connectivity index (χ3n) is 13.4. The number of rotatable bonds is 8. The Kier molecular flexibility index (Phi) is 9.40. The van der Waals surface area contributed by atoms with E-state index in [1.165, 1.54) is 91.7 Å². The normalized spacial score (nSPS) is 11.6. The van der Waals surface area contributed by atoms with Gasteiger partial charge in [0.15, 0.2) is 0 Å². The lowest BCUT2D eigenvalue weighted by molar-refractivity contribution is 1.18. The van der Waals surface area contributed by atoms with Gasteiger partial charge in [0.25, 0.3) is 0 Å². The average molecular weight is 871 g/mol. The molecule has 0 saturated heterocycles. The van der Waals surface area contributed by atoms with E-state index in [1.54, 1.807) is 0 Å². The summed E-state index contributed by atoms with van der Waals surface area (Å²) < 4.78 is 5.11. The lowest BCUT2D eigenvalue weighted by Crippen LogP contribution is -2.09. The second-order valence-corrected chi connectivity index (χ2v) is 18.3. The van der Waals surface area contributed by atoms with Gasteiger partial charge in [-0.25, -0.2) is 0 Å². The van der Waals surface area contributed by atoms with Crippen molar-refractivity contribution in [2.75, 3.05) is 4.90 Å². The second kappa shape index (κ2) is 16.2. The number of hydrogen-bond donors (Lipinski definition) is 0. The van der Waals surface area contributed by atoms with Gasteiger partial charge >= 0.3 is 0 Å². The molecular formula is C64H42N2S. The van der Waals surface area contributed by atoms with Crippen LogP contribution in [0.5, 0.6) is 0 Å². The number of anilines is 3. The average Bonchev–Trinajstić information content (AvgIpc) is 3.96. The molecule has 13 rings (SSSR count). The van der Waals surface area contributed by atoms with Gasteiger partial charge < -0.3 is 9.47 Å². The SMILES string of the molecule is c1ccc(-c2ccc(N(c3ccc(-c4ccccc4-n4c5ccccc5c5c6c(-c7ccccc7)cccc6ccc54)cc3)c3ccc(-c4cccc5c4sc4ccccc45)cc3)cc2)cc1. The van der Waals surface area contributed by atoms with E-state index < -0.39 is 0 Å². The number of nitrogens with zero attached hydrogens (tertiary/aromatic N) is 2. The highest BCUT2D eigenvalue weighted by Crippen LogP contribution is 2.45. The Balaban J connectivity index is 0.922. The van der Waals surface area contributed by atoms with Gasteiger partial charge in [-0.2, -0.15) is 0 Å². The molecule has 0 bridgehead atoms. The van der Waals surface area contributed by atoms with Gasteiger partial charge in [0.1, 0.15) is 0 Å². The predicted molar refractivity (Wildman–Crippen MR) is 288 cm³/mol. The van der Waals surface area contributed by atoms with Crippen molar-refractivity contribution < 1.29 is 0 Å². The molecule has 13 aromatic rings. The Morgan fingerprint density at radius 1 is 0.299 bits per heavy atom. The van der Waals surface area contributed by atoms with Crippen LogP contribution in [0.3, 0.4) is 0 Å². The van der Waals surface area contributed by atoms with Crippen LogP contribution in [0.15, 0.2) is 255 Å². The van der Waals surface area contributed by atoms with Gasteiger partial charge in [0, 0.05) is 53.6 Å². The third kappa shape index (κ3) is 6.63. The van der Waals surface area contributed by atoms with Gasteiger partial charge in [-0.05, 0) is 110 Å². The summed E-state index contributed by atoms with van der Waals surface area (Å²) in [7, 11) is 0. The fourth-order valence-electron chi connectivity index (χ4n) is 10.3. The summed E-state index contributed by atoms with van der Waals surface area (Å²) in [6, 6.07) is 93.0. The summed E-state index contributed by atoms with van der Waals surface area (Å²) in [4.78, 5) is 2.37. The number of benzene rings is 11. The van der Waals surface area contributed by atoms with E-state index in [0.29, 0.717) is 0 Å². The van der Waals surface area contributed by atoms with Crippen LogP contribution in [0.25, 0.3) is 103 Å². The molecule has 3 heteroatoms. The largest absolute Gasteiger partial charge is 0.311 e. The fourth-order valence-corrected chi connectivity index (χ4v) is 11.5. The molecule has 2 aromatic heterocycles. The van der Waals surface area contributed by atoms with E-state index in [2.05, 4.69) is 264 Å². The zero-order chi connectivity index (χ0) is 44.3. The van der Waals surface area contributed by atoms with Crippen molar-refractivity contribution in [3.63, 3.8) is 0 Å². The summed E-state index contributed by atoms with van der Waals surface area (Å²) in [5, 5.41) is 7.68. The first kappa shape index (κ1) is 38.9. The van der Waals surface area contributed by atoms with Crippen molar-refractivity contribution in [2.45, 2.75) is 0 Å². The first-order valence-corrected chi connectivity index (χ1v) is 23.7. The number of thiophene rings is 1. The van der Waals surface area contributed by atoms with Gasteiger partial charge in [0.05, 0.1) is 16.7 Å². The first-order valence-electron chi connectivity index (χ1n) is 22.9. The lowest BCUT2D eigenvalue weighted by atomic mass is 9.94. The molecule has 0 N–H and O–H groups in total. The van der Waals surface area contributed by atoms with E-state index in [-0.39, 0.29) is 0 Å². The maximum absolute atomic E-state index is 2.47. The quantitative estimate of drug-likeness (QED) is 0.148. The summed E-state index contributed by atoms with van der Waals surface area (Å²) in [5.74, 6) is 0. The summed E-state index contributed by atoms with van der Waals surface area (Å²) in [6.45, 7) is 0. The molecule has 67 heavy (non-hydrogen) atoms. The highest BCUT2D eigenvalue weighted by molar-refractivity contribution is 7.26. The van der Waals surface area contributed by atoms with Gasteiger partial charge in [-0.3, -0.25) is 0 Å². The van der Waals surface area contributed by atoms with E-state index in [4.69, 9.17) is 0 Å². The molecule has 0 spiro atoms. The van der Waals surface area contributed by atoms with Crippen LogP contribution in [0, 0.1) is 0 Å². The molecule has 2 nitrogen and oxygen atoms in total. The topological polar surface area (TPSA) is 8.17 Å². The number of hydrogen-bond acceptors (Lipinski definition) is 2. The monoisotopic (exact) mass is 870 g/mol. The minimum absolute atomic E-state index is 1.09. The Hall–Kier alpha value is -8.50. The van der Waals surface area contributed by atoms with Crippen LogP contribution in [0.1, 0.15) is 0 Å². The van der Waals surface area contributed by atoms with Crippen molar-refractivity contribution in [1.82, 2.24) is 4.57 Å². The van der Waals surface area contributed by atoms with Gasteiger partial charge in [0.2, 0.25) is 0 Å². The van der Waals surface area contributed by atoms with E-state index in [9.17, 15) is 0 Å². The molecule has 2 heterocycles. The zero-order valence-corrected chi connectivity index (χ0v) is 37.4. The summed E-state index contributed by atoms with van der Waals surface area (Å²) >= 11 is 1.88. The lowest BCUT2D eigenvalue weighted by Gasteiger charge is -2.26. The van der Waals surface area contributed by atoms with Crippen LogP contribution in [0.4, 0.5) is 17.1 Å². The Morgan fingerprint density at radius 2 is 0.806 bits per heavy atom. The third-order valence-corrected chi connectivity index (χ3v) is 14.6. The molecular weight excluding hydrogens is 829 g/mol. The second-order valence-electron chi connectivity index (χ2n) is 17.2. The summed E-state index contributed by atoms with van der Waals surface area (Å²) in [5.41, 5.74) is 16.5. The molecule has 11 aromatic carbocycles. The highest BCUT2D eigenvalue weighted by atomic mass is 32.1. The number of fused-ring (bicyclic) bond motifs is 8. The van der Waals surface area contributed by atoms with Gasteiger partial charge in [-0.15, -0.1) is 11.3 Å². The number of aromatic nitrogens is 1. The van der Waals surface area contributed by atoms with Crippen LogP contribution in [-0.2, 0) is 0 Å². The molecule has 0 atom stereocenters. The van der Waals surface area contributed by atoms with Crippen molar-refractivity contribution in [3.05, 3.63) is 255 Å². The molecule has 0 unspecified atom stereocenters. The van der Waals surface area contributed by atoms with E-state index in [1.807, 2.05) is 11.3 Å². The Bertz CT molecular complexity index is 3940. The van der Waals surface area contributed by atoms with Crippen molar-refractivity contribution in [2.24, 2.45) is 0 Å². The molecule has 0 saturated carbocycles. The summed E-state index contributed by atoms with van der Waals surface area (Å²) in [6.07, 6.45) is 0. The smallest absolute Gasteiger partial charge is 0.0548 e. The zero-order valence-electron chi connectivity index (χ0n) is 36.6. The van der Waals surface area contributed by atoms with Crippen LogP contribution in [0.2, 0.25) is 0 Å². The van der Waals surface area contributed by atoms with Crippen molar-refractivity contribution in [3.8, 4) is 50.2 Å². The molecule has 0 amide bonds. The highest BCUT2D eigenvalue weighted by Gasteiger charge is 2.20. The van der Waals surface area contributed by atoms with Crippen molar-refractivity contribution >= 4 is 81.1 Å². The Morgan fingerprint density at radius 3 is 1.54 bits per heavy atom. The minimum atomic E-state index is 1.09. The molecule has 0 aliphatic rings. The van der Waals surface area contributed by atoms with Crippen LogP contribution >= 0.6 is 11.3 Å². The molecule has 0 aliphatic heterocycles. The van der Waals surface area contributed by atoms with Crippen LogP contribution in [-0.4, -0.2) is 4.57 Å². The van der Waals surface area contributed by atoms with E-state index in [0.717, 1.165) is 28.3 Å². The molecule has 0 fully saturated rings. The number of para-hydroxylation sites is 2. The standard InChI is InChI=1S/C64H42N2S/c1-3-15-43(16-4-1)44-29-36-49(37-30-44)65(51-40-33-47(34-41-51)54-24-14-25-56-55-21-9-12-28-61(55)67-64(54)56)50-38-31-46(32-39-50)52-20-7-10-26-58(52)66-59-27-11-8-22-57(59)63-60(66)42-35-48-19-13-23-53(62(48)63)45-17-5-2-6-18-45/h1-42H. The molecule has 0 radical (unpaired) electrons. The van der Waals surface area contributed by atoms with Crippen molar-refractivity contribution in [1.29, 1.82) is 0 Å². The maximum atomic E-state index is 2.47. The Labute approximate surface area is 393 Å². The fraction of sp³-hybridized carbons (Fsp3) is 0. The molecule has 0 aliphatic carbocycles. The van der Waals surface area contributed by atoms with Crippen LogP contribution < -0.4 is 4.90 Å². The maximum Gasteiger partial charge on any atom is 0.0548 e.